The van der Waals surface area contributed by atoms with Gasteiger partial charge in [0.15, 0.2) is 5.16 Å². The van der Waals surface area contributed by atoms with Gasteiger partial charge in [-0.25, -0.2) is 4.98 Å². The summed E-state index contributed by atoms with van der Waals surface area (Å²) in [7, 11) is 1.61. The SMILES string of the molecule is CCCCNC(=O)CSc1nc2ccsc2c(=O)n1Cc1cccc(OC)c1. The summed E-state index contributed by atoms with van der Waals surface area (Å²) in [6.45, 7) is 3.12. The van der Waals surface area contributed by atoms with Crippen molar-refractivity contribution in [2.75, 3.05) is 19.4 Å². The maximum Gasteiger partial charge on any atom is 0.272 e. The molecule has 1 N–H and O–H groups in total. The van der Waals surface area contributed by atoms with Gasteiger partial charge in [0.1, 0.15) is 10.4 Å². The Morgan fingerprint density at radius 3 is 3.00 bits per heavy atom. The first kappa shape index (κ1) is 20.4. The Hall–Kier alpha value is -2.32. The number of rotatable bonds is 9. The lowest BCUT2D eigenvalue weighted by atomic mass is 10.2. The molecule has 0 unspecified atom stereocenters. The number of benzene rings is 1. The van der Waals surface area contributed by atoms with E-state index in [2.05, 4.69) is 17.2 Å². The number of carbonyl (C=O) groups is 1. The lowest BCUT2D eigenvalue weighted by molar-refractivity contribution is -0.118. The van der Waals surface area contributed by atoms with E-state index in [1.54, 1.807) is 11.7 Å². The van der Waals surface area contributed by atoms with E-state index < -0.39 is 0 Å². The van der Waals surface area contributed by atoms with Gasteiger partial charge in [0, 0.05) is 6.54 Å². The number of methoxy groups -OCH3 is 1. The largest absolute Gasteiger partial charge is 0.497 e. The molecule has 148 valence electrons. The van der Waals surface area contributed by atoms with Crippen LogP contribution in [0.5, 0.6) is 5.75 Å². The van der Waals surface area contributed by atoms with Crippen molar-refractivity contribution in [3.8, 4) is 5.75 Å². The minimum atomic E-state index is -0.0864. The van der Waals surface area contributed by atoms with Crippen LogP contribution in [0.2, 0.25) is 0 Å². The number of thioether (sulfide) groups is 1. The second-order valence-electron chi connectivity index (χ2n) is 6.26. The minimum Gasteiger partial charge on any atom is -0.497 e. The molecule has 0 bridgehead atoms. The van der Waals surface area contributed by atoms with Gasteiger partial charge in [-0.1, -0.05) is 37.2 Å². The molecule has 8 heteroatoms. The summed E-state index contributed by atoms with van der Waals surface area (Å²) >= 11 is 2.67. The van der Waals surface area contributed by atoms with E-state index in [9.17, 15) is 9.59 Å². The van der Waals surface area contributed by atoms with Crippen molar-refractivity contribution in [1.29, 1.82) is 0 Å². The number of amides is 1. The number of carbonyl (C=O) groups excluding carboxylic acids is 1. The molecular weight excluding hydrogens is 394 g/mol. The minimum absolute atomic E-state index is 0.0500. The van der Waals surface area contributed by atoms with Crippen molar-refractivity contribution in [1.82, 2.24) is 14.9 Å². The zero-order valence-corrected chi connectivity index (χ0v) is 17.6. The topological polar surface area (TPSA) is 73.2 Å². The quantitative estimate of drug-likeness (QED) is 0.328. The Labute approximate surface area is 171 Å². The van der Waals surface area contributed by atoms with E-state index in [0.29, 0.717) is 28.5 Å². The van der Waals surface area contributed by atoms with Gasteiger partial charge >= 0.3 is 0 Å². The molecule has 0 aliphatic rings. The molecule has 0 radical (unpaired) electrons. The summed E-state index contributed by atoms with van der Waals surface area (Å²) in [5.41, 5.74) is 1.52. The van der Waals surface area contributed by atoms with Crippen molar-refractivity contribution in [2.45, 2.75) is 31.5 Å². The first-order valence-corrected chi connectivity index (χ1v) is 11.0. The molecule has 0 atom stereocenters. The van der Waals surface area contributed by atoms with Gasteiger partial charge in [0.2, 0.25) is 5.91 Å². The number of fused-ring (bicyclic) bond motifs is 1. The Bertz CT molecular complexity index is 1010. The number of aromatic nitrogens is 2. The highest BCUT2D eigenvalue weighted by atomic mass is 32.2. The van der Waals surface area contributed by atoms with Crippen molar-refractivity contribution in [3.05, 3.63) is 51.6 Å². The van der Waals surface area contributed by atoms with Crippen LogP contribution in [0.4, 0.5) is 0 Å². The average Bonchev–Trinajstić information content (AvgIpc) is 3.18. The fourth-order valence-corrected chi connectivity index (χ4v) is 4.32. The summed E-state index contributed by atoms with van der Waals surface area (Å²) in [6.07, 6.45) is 1.99. The van der Waals surface area contributed by atoms with Crippen LogP contribution in [0.3, 0.4) is 0 Å². The fraction of sp³-hybridized carbons (Fsp3) is 0.350. The van der Waals surface area contributed by atoms with Crippen LogP contribution >= 0.6 is 23.1 Å². The third-order valence-corrected chi connectivity index (χ3v) is 6.06. The zero-order chi connectivity index (χ0) is 19.9. The van der Waals surface area contributed by atoms with Crippen LogP contribution < -0.4 is 15.6 Å². The van der Waals surface area contributed by atoms with Crippen LogP contribution in [0.15, 0.2) is 45.7 Å². The highest BCUT2D eigenvalue weighted by Gasteiger charge is 2.15. The number of hydrogen-bond acceptors (Lipinski definition) is 6. The normalized spacial score (nSPS) is 10.9. The summed E-state index contributed by atoms with van der Waals surface area (Å²) < 4.78 is 7.54. The van der Waals surface area contributed by atoms with Gasteiger partial charge < -0.3 is 10.1 Å². The molecule has 0 spiro atoms. The smallest absolute Gasteiger partial charge is 0.272 e. The monoisotopic (exact) mass is 417 g/mol. The molecule has 0 saturated carbocycles. The molecule has 0 fully saturated rings. The number of thiophene rings is 1. The summed E-state index contributed by atoms with van der Waals surface area (Å²) in [6, 6.07) is 9.44. The summed E-state index contributed by atoms with van der Waals surface area (Å²) in [5.74, 6) is 0.912. The molecule has 3 rings (SSSR count). The highest BCUT2D eigenvalue weighted by molar-refractivity contribution is 7.99. The van der Waals surface area contributed by atoms with Gasteiger partial charge in [-0.15, -0.1) is 11.3 Å². The lowest BCUT2D eigenvalue weighted by Gasteiger charge is -2.13. The highest BCUT2D eigenvalue weighted by Crippen LogP contribution is 2.22. The average molecular weight is 418 g/mol. The van der Waals surface area contributed by atoms with E-state index in [0.717, 1.165) is 24.2 Å². The first-order chi connectivity index (χ1) is 13.6. The van der Waals surface area contributed by atoms with Crippen molar-refractivity contribution < 1.29 is 9.53 Å². The van der Waals surface area contributed by atoms with Gasteiger partial charge in [0.05, 0.1) is 24.9 Å². The van der Waals surface area contributed by atoms with Crippen molar-refractivity contribution in [3.63, 3.8) is 0 Å². The van der Waals surface area contributed by atoms with E-state index in [4.69, 9.17) is 4.74 Å². The fourth-order valence-electron chi connectivity index (χ4n) is 2.71. The number of nitrogens with zero attached hydrogens (tertiary/aromatic N) is 2. The molecule has 2 heterocycles. The number of hydrogen-bond donors (Lipinski definition) is 1. The van der Waals surface area contributed by atoms with Crippen LogP contribution in [-0.4, -0.2) is 34.9 Å². The molecular formula is C20H23N3O3S2. The molecule has 1 amide bonds. The summed E-state index contributed by atoms with van der Waals surface area (Å²) in [5, 5.41) is 5.30. The second kappa shape index (κ2) is 9.75. The van der Waals surface area contributed by atoms with E-state index in [1.165, 1.54) is 23.1 Å². The van der Waals surface area contributed by atoms with E-state index in [-0.39, 0.29) is 17.2 Å². The Balaban J connectivity index is 1.86. The molecule has 0 aliphatic carbocycles. The third-order valence-electron chi connectivity index (χ3n) is 4.19. The molecule has 1 aromatic carbocycles. The van der Waals surface area contributed by atoms with Crippen molar-refractivity contribution in [2.24, 2.45) is 0 Å². The molecule has 3 aromatic rings. The van der Waals surface area contributed by atoms with Gasteiger partial charge in [0.25, 0.3) is 5.56 Å². The maximum absolute atomic E-state index is 13.0. The molecule has 0 aliphatic heterocycles. The van der Waals surface area contributed by atoms with Crippen LogP contribution in [0, 0.1) is 0 Å². The van der Waals surface area contributed by atoms with Gasteiger partial charge in [-0.3, -0.25) is 14.2 Å². The number of unbranched alkanes of at least 4 members (excludes halogenated alkanes) is 1. The molecule has 6 nitrogen and oxygen atoms in total. The molecule has 28 heavy (non-hydrogen) atoms. The first-order valence-electron chi connectivity index (χ1n) is 9.13. The predicted molar refractivity (Wildman–Crippen MR) is 115 cm³/mol. The standard InChI is InChI=1S/C20H23N3O3S2/c1-3-4-9-21-17(24)13-28-20-22-16-8-10-27-18(16)19(25)23(20)12-14-6-5-7-15(11-14)26-2/h5-8,10-11H,3-4,9,12-13H2,1-2H3,(H,21,24). The van der Waals surface area contributed by atoms with Crippen LogP contribution in [0.1, 0.15) is 25.3 Å². The van der Waals surface area contributed by atoms with Crippen LogP contribution in [-0.2, 0) is 11.3 Å². The van der Waals surface area contributed by atoms with E-state index in [1.807, 2.05) is 35.7 Å². The zero-order valence-electron chi connectivity index (χ0n) is 15.9. The maximum atomic E-state index is 13.0. The third kappa shape index (κ3) is 4.94. The summed E-state index contributed by atoms with van der Waals surface area (Å²) in [4.78, 5) is 29.7. The van der Waals surface area contributed by atoms with Gasteiger partial charge in [-0.05, 0) is 35.6 Å². The van der Waals surface area contributed by atoms with Crippen molar-refractivity contribution >= 4 is 39.2 Å². The number of nitrogens with one attached hydrogen (secondary N) is 1. The molecule has 2 aromatic heterocycles. The van der Waals surface area contributed by atoms with E-state index >= 15 is 0 Å². The second-order valence-corrected chi connectivity index (χ2v) is 8.12. The lowest BCUT2D eigenvalue weighted by Crippen LogP contribution is -2.27. The Morgan fingerprint density at radius 2 is 2.21 bits per heavy atom. The Morgan fingerprint density at radius 1 is 1.36 bits per heavy atom. The Kier molecular flexibility index (Phi) is 7.11. The van der Waals surface area contributed by atoms with Crippen LogP contribution in [0.25, 0.3) is 10.2 Å². The van der Waals surface area contributed by atoms with Gasteiger partial charge in [-0.2, -0.15) is 0 Å². The number of ether oxygens (including phenoxy) is 1. The predicted octanol–water partition coefficient (Wildman–Crippen LogP) is 3.52. The molecule has 0 saturated heterocycles.